The minimum absolute atomic E-state index is 0.229. The third-order valence-electron chi connectivity index (χ3n) is 2.63. The van der Waals surface area contributed by atoms with E-state index in [1.807, 2.05) is 6.92 Å². The van der Waals surface area contributed by atoms with Crippen molar-refractivity contribution in [2.75, 3.05) is 7.11 Å². The lowest BCUT2D eigenvalue weighted by Gasteiger charge is -2.07. The average Bonchev–Trinajstić information content (AvgIpc) is 3.04. The molecule has 2 rings (SSSR count). The quantitative estimate of drug-likeness (QED) is 0.785. The zero-order valence-corrected chi connectivity index (χ0v) is 11.8. The van der Waals surface area contributed by atoms with Crippen molar-refractivity contribution in [1.82, 2.24) is 4.98 Å². The molecule has 5 nitrogen and oxygen atoms in total. The number of esters is 1. The number of oxazole rings is 1. The van der Waals surface area contributed by atoms with Crippen LogP contribution in [0.1, 0.15) is 18.4 Å². The van der Waals surface area contributed by atoms with Gasteiger partial charge in [0.25, 0.3) is 5.89 Å². The first-order valence-electron chi connectivity index (χ1n) is 5.81. The number of aryl methyl sites for hydroxylation is 1. The zero-order valence-electron chi connectivity index (χ0n) is 11.0. The number of furan rings is 1. The van der Waals surface area contributed by atoms with Gasteiger partial charge in [0, 0.05) is 5.75 Å². The topological polar surface area (TPSA) is 65.5 Å². The maximum absolute atomic E-state index is 11.3. The standard InChI is InChI=1S/C13H15NO4S/c1-8-10(7-19-9(2)13(15)16-3)14-12(18-8)11-5-4-6-17-11/h4-6,9H,7H2,1-3H3/t9-/m0/s1. The fourth-order valence-electron chi connectivity index (χ4n) is 1.51. The van der Waals surface area contributed by atoms with E-state index in [4.69, 9.17) is 8.83 Å². The molecule has 0 N–H and O–H groups in total. The van der Waals surface area contributed by atoms with E-state index in [1.54, 1.807) is 25.3 Å². The van der Waals surface area contributed by atoms with Gasteiger partial charge in [0.2, 0.25) is 0 Å². The van der Waals surface area contributed by atoms with E-state index in [9.17, 15) is 4.79 Å². The van der Waals surface area contributed by atoms with E-state index in [0.29, 0.717) is 17.4 Å². The van der Waals surface area contributed by atoms with Crippen molar-refractivity contribution in [3.05, 3.63) is 29.9 Å². The van der Waals surface area contributed by atoms with Crippen molar-refractivity contribution in [2.45, 2.75) is 24.9 Å². The number of ether oxygens (including phenoxy) is 1. The number of carbonyl (C=O) groups excluding carboxylic acids is 1. The van der Waals surface area contributed by atoms with Gasteiger partial charge in [0.1, 0.15) is 5.76 Å². The summed E-state index contributed by atoms with van der Waals surface area (Å²) in [5, 5.41) is -0.229. The van der Waals surface area contributed by atoms with Gasteiger partial charge in [-0.2, -0.15) is 0 Å². The van der Waals surface area contributed by atoms with Crippen LogP contribution in [-0.4, -0.2) is 23.3 Å². The van der Waals surface area contributed by atoms with Gasteiger partial charge in [-0.15, -0.1) is 11.8 Å². The highest BCUT2D eigenvalue weighted by molar-refractivity contribution is 7.99. The molecular weight excluding hydrogens is 266 g/mol. The highest BCUT2D eigenvalue weighted by Gasteiger charge is 2.17. The van der Waals surface area contributed by atoms with Crippen LogP contribution in [0.25, 0.3) is 11.7 Å². The Morgan fingerprint density at radius 2 is 2.37 bits per heavy atom. The van der Waals surface area contributed by atoms with Crippen LogP contribution in [0.15, 0.2) is 27.2 Å². The Morgan fingerprint density at radius 3 is 3.00 bits per heavy atom. The van der Waals surface area contributed by atoms with Gasteiger partial charge in [-0.3, -0.25) is 4.79 Å². The van der Waals surface area contributed by atoms with Crippen LogP contribution in [0.4, 0.5) is 0 Å². The molecule has 0 aromatic carbocycles. The summed E-state index contributed by atoms with van der Waals surface area (Å²) in [6.45, 7) is 3.65. The van der Waals surface area contributed by atoms with Gasteiger partial charge in [-0.1, -0.05) is 0 Å². The van der Waals surface area contributed by atoms with Crippen molar-refractivity contribution in [3.63, 3.8) is 0 Å². The van der Waals surface area contributed by atoms with Crippen LogP contribution in [0, 0.1) is 6.92 Å². The summed E-state index contributed by atoms with van der Waals surface area (Å²) in [6.07, 6.45) is 1.57. The molecule has 0 unspecified atom stereocenters. The van der Waals surface area contributed by atoms with Gasteiger partial charge in [-0.05, 0) is 26.0 Å². The van der Waals surface area contributed by atoms with E-state index >= 15 is 0 Å². The lowest BCUT2D eigenvalue weighted by molar-refractivity contribution is -0.139. The molecule has 0 amide bonds. The number of carbonyl (C=O) groups is 1. The average molecular weight is 281 g/mol. The molecule has 0 fully saturated rings. The maximum atomic E-state index is 11.3. The molecule has 19 heavy (non-hydrogen) atoms. The summed E-state index contributed by atoms with van der Waals surface area (Å²) in [6, 6.07) is 3.57. The first kappa shape index (κ1) is 13.7. The van der Waals surface area contributed by atoms with Crippen LogP contribution in [0.3, 0.4) is 0 Å². The Balaban J connectivity index is 2.04. The number of nitrogens with zero attached hydrogens (tertiary/aromatic N) is 1. The number of methoxy groups -OCH3 is 1. The lowest BCUT2D eigenvalue weighted by atomic mass is 10.4. The van der Waals surface area contributed by atoms with E-state index < -0.39 is 0 Å². The van der Waals surface area contributed by atoms with Crippen molar-refractivity contribution < 1.29 is 18.4 Å². The molecule has 0 radical (unpaired) electrons. The molecule has 2 aromatic heterocycles. The minimum Gasteiger partial charge on any atom is -0.468 e. The lowest BCUT2D eigenvalue weighted by Crippen LogP contribution is -2.14. The van der Waals surface area contributed by atoms with Gasteiger partial charge in [0.15, 0.2) is 5.76 Å². The zero-order chi connectivity index (χ0) is 13.8. The monoisotopic (exact) mass is 281 g/mol. The molecule has 0 saturated carbocycles. The summed E-state index contributed by atoms with van der Waals surface area (Å²) in [4.78, 5) is 15.7. The molecule has 0 spiro atoms. The Morgan fingerprint density at radius 1 is 1.58 bits per heavy atom. The summed E-state index contributed by atoms with van der Waals surface area (Å²) in [5.41, 5.74) is 0.812. The molecule has 0 bridgehead atoms. The Labute approximate surface area is 115 Å². The largest absolute Gasteiger partial charge is 0.468 e. The van der Waals surface area contributed by atoms with E-state index in [1.165, 1.54) is 18.9 Å². The molecule has 0 aliphatic carbocycles. The van der Waals surface area contributed by atoms with Crippen molar-refractivity contribution >= 4 is 17.7 Å². The normalized spacial score (nSPS) is 12.4. The van der Waals surface area contributed by atoms with Crippen LogP contribution >= 0.6 is 11.8 Å². The van der Waals surface area contributed by atoms with Gasteiger partial charge in [-0.25, -0.2) is 4.98 Å². The van der Waals surface area contributed by atoms with Crippen LogP contribution in [0.2, 0.25) is 0 Å². The molecule has 0 aliphatic rings. The Kier molecular flexibility index (Phi) is 4.31. The van der Waals surface area contributed by atoms with Gasteiger partial charge in [0.05, 0.1) is 24.3 Å². The fourth-order valence-corrected chi connectivity index (χ4v) is 2.41. The molecule has 1 atom stereocenters. The first-order valence-corrected chi connectivity index (χ1v) is 6.86. The second kappa shape index (κ2) is 5.97. The second-order valence-electron chi connectivity index (χ2n) is 3.98. The summed E-state index contributed by atoms with van der Waals surface area (Å²) < 4.78 is 15.5. The molecule has 6 heteroatoms. The molecule has 102 valence electrons. The highest BCUT2D eigenvalue weighted by atomic mass is 32.2. The maximum Gasteiger partial charge on any atom is 0.318 e. The number of hydrogen-bond acceptors (Lipinski definition) is 6. The van der Waals surface area contributed by atoms with Crippen LogP contribution in [-0.2, 0) is 15.3 Å². The Bertz CT molecular complexity index is 547. The Hall–Kier alpha value is -1.69. The third-order valence-corrected chi connectivity index (χ3v) is 3.76. The molecule has 2 heterocycles. The number of aromatic nitrogens is 1. The van der Waals surface area contributed by atoms with E-state index in [2.05, 4.69) is 9.72 Å². The SMILES string of the molecule is COC(=O)[C@H](C)SCc1nc(-c2ccco2)oc1C. The van der Waals surface area contributed by atoms with Gasteiger partial charge < -0.3 is 13.6 Å². The second-order valence-corrected chi connectivity index (χ2v) is 5.30. The highest BCUT2D eigenvalue weighted by Crippen LogP contribution is 2.26. The van der Waals surface area contributed by atoms with Crippen LogP contribution < -0.4 is 0 Å². The van der Waals surface area contributed by atoms with Crippen molar-refractivity contribution in [1.29, 1.82) is 0 Å². The van der Waals surface area contributed by atoms with Crippen molar-refractivity contribution in [2.24, 2.45) is 0 Å². The number of rotatable bonds is 5. The predicted octanol–water partition coefficient (Wildman–Crippen LogP) is 3.04. The summed E-state index contributed by atoms with van der Waals surface area (Å²) in [7, 11) is 1.38. The van der Waals surface area contributed by atoms with E-state index in [-0.39, 0.29) is 11.2 Å². The first-order chi connectivity index (χ1) is 9.11. The third kappa shape index (κ3) is 3.20. The molecule has 0 aliphatic heterocycles. The predicted molar refractivity (Wildman–Crippen MR) is 71.7 cm³/mol. The molecule has 0 saturated heterocycles. The summed E-state index contributed by atoms with van der Waals surface area (Å²) in [5.74, 6) is 2.14. The smallest absolute Gasteiger partial charge is 0.318 e. The fraction of sp³-hybridized carbons (Fsp3) is 0.385. The number of thioether (sulfide) groups is 1. The summed E-state index contributed by atoms with van der Waals surface area (Å²) >= 11 is 1.46. The number of hydrogen-bond donors (Lipinski definition) is 0. The minimum atomic E-state index is -0.239. The van der Waals surface area contributed by atoms with Crippen molar-refractivity contribution in [3.8, 4) is 11.7 Å². The van der Waals surface area contributed by atoms with Gasteiger partial charge >= 0.3 is 5.97 Å². The molecular formula is C13H15NO4S. The molecule has 2 aromatic rings. The van der Waals surface area contributed by atoms with Crippen LogP contribution in [0.5, 0.6) is 0 Å². The van der Waals surface area contributed by atoms with E-state index in [0.717, 1.165) is 11.5 Å².